The van der Waals surface area contributed by atoms with E-state index in [1.54, 1.807) is 31.3 Å². The topological polar surface area (TPSA) is 33.1 Å². The van der Waals surface area contributed by atoms with Crippen molar-refractivity contribution in [2.75, 3.05) is 0 Å². The number of aliphatic hydroxyl groups is 1. The molecule has 1 atom stereocenters. The molecular formula is C13H11BrFNOS. The monoisotopic (exact) mass is 327 g/mol. The van der Waals surface area contributed by atoms with Gasteiger partial charge in [-0.1, -0.05) is 17.8 Å². The van der Waals surface area contributed by atoms with E-state index in [0.717, 1.165) is 4.47 Å². The smallest absolute Gasteiger partial charge is 0.137 e. The molecule has 0 bridgehead atoms. The number of hydrogen-bond acceptors (Lipinski definition) is 3. The van der Waals surface area contributed by atoms with E-state index in [1.165, 1.54) is 17.8 Å². The average Bonchev–Trinajstić information content (AvgIpc) is 2.34. The summed E-state index contributed by atoms with van der Waals surface area (Å²) in [7, 11) is 0. The van der Waals surface area contributed by atoms with Gasteiger partial charge in [-0.25, -0.2) is 9.37 Å². The number of aliphatic hydroxyl groups excluding tert-OH is 1. The van der Waals surface area contributed by atoms with E-state index in [9.17, 15) is 9.50 Å². The maximum atomic E-state index is 13.9. The molecule has 94 valence electrons. The van der Waals surface area contributed by atoms with Gasteiger partial charge in [0, 0.05) is 11.1 Å². The molecule has 1 N–H and O–H groups in total. The molecule has 18 heavy (non-hydrogen) atoms. The van der Waals surface area contributed by atoms with Crippen LogP contribution < -0.4 is 0 Å². The highest BCUT2D eigenvalue weighted by molar-refractivity contribution is 9.10. The number of aromatic nitrogens is 1. The Morgan fingerprint density at radius 2 is 2.17 bits per heavy atom. The Morgan fingerprint density at radius 3 is 2.78 bits per heavy atom. The average molecular weight is 328 g/mol. The summed E-state index contributed by atoms with van der Waals surface area (Å²) in [6.07, 6.45) is 0.995. The van der Waals surface area contributed by atoms with Crippen LogP contribution in [0.15, 0.2) is 50.9 Å². The molecule has 0 aliphatic rings. The standard InChI is InChI=1S/C13H11BrFNOS/c1-8(17)9-4-5-12(11(15)7-9)18-13-10(14)3-2-6-16-13/h2-8,17H,1H3. The minimum absolute atomic E-state index is 0.351. The number of nitrogens with zero attached hydrogens (tertiary/aromatic N) is 1. The van der Waals surface area contributed by atoms with Gasteiger partial charge in [0.2, 0.25) is 0 Å². The van der Waals surface area contributed by atoms with Crippen LogP contribution in [0.2, 0.25) is 0 Å². The molecule has 0 radical (unpaired) electrons. The van der Waals surface area contributed by atoms with Gasteiger partial charge in [0.25, 0.3) is 0 Å². The summed E-state index contributed by atoms with van der Waals surface area (Å²) in [5.74, 6) is -0.351. The molecule has 2 aromatic rings. The molecule has 0 saturated carbocycles. The lowest BCUT2D eigenvalue weighted by Crippen LogP contribution is -1.93. The van der Waals surface area contributed by atoms with Crippen LogP contribution in [0.1, 0.15) is 18.6 Å². The van der Waals surface area contributed by atoms with E-state index in [0.29, 0.717) is 15.5 Å². The fourth-order valence-electron chi connectivity index (χ4n) is 1.41. The summed E-state index contributed by atoms with van der Waals surface area (Å²) in [5, 5.41) is 10.1. The van der Waals surface area contributed by atoms with E-state index in [2.05, 4.69) is 20.9 Å². The van der Waals surface area contributed by atoms with Crippen molar-refractivity contribution in [2.45, 2.75) is 22.9 Å². The van der Waals surface area contributed by atoms with E-state index >= 15 is 0 Å². The SMILES string of the molecule is CC(O)c1ccc(Sc2ncccc2Br)c(F)c1. The van der Waals surface area contributed by atoms with Gasteiger partial charge < -0.3 is 5.11 Å². The van der Waals surface area contributed by atoms with Crippen molar-refractivity contribution < 1.29 is 9.50 Å². The Labute approximate surface area is 117 Å². The number of halogens is 2. The van der Waals surface area contributed by atoms with Gasteiger partial charge >= 0.3 is 0 Å². The fourth-order valence-corrected chi connectivity index (χ4v) is 2.69. The first kappa shape index (κ1) is 13.5. The van der Waals surface area contributed by atoms with Crippen molar-refractivity contribution in [3.05, 3.63) is 52.4 Å². The third-order valence-electron chi connectivity index (χ3n) is 2.37. The van der Waals surface area contributed by atoms with Crippen LogP contribution in [0, 0.1) is 5.82 Å². The maximum absolute atomic E-state index is 13.9. The summed E-state index contributed by atoms with van der Waals surface area (Å²) in [4.78, 5) is 4.66. The highest BCUT2D eigenvalue weighted by atomic mass is 79.9. The lowest BCUT2D eigenvalue weighted by molar-refractivity contribution is 0.198. The van der Waals surface area contributed by atoms with Crippen LogP contribution in [-0.2, 0) is 0 Å². The first-order chi connectivity index (χ1) is 8.58. The Bertz CT molecular complexity index is 562. The van der Waals surface area contributed by atoms with Crippen molar-refractivity contribution in [2.24, 2.45) is 0 Å². The first-order valence-electron chi connectivity index (χ1n) is 5.34. The van der Waals surface area contributed by atoms with E-state index in [4.69, 9.17) is 0 Å². The third kappa shape index (κ3) is 3.10. The van der Waals surface area contributed by atoms with E-state index in [-0.39, 0.29) is 5.82 Å². The predicted octanol–water partition coefficient (Wildman–Crippen LogP) is 4.19. The highest BCUT2D eigenvalue weighted by Crippen LogP contribution is 2.33. The Morgan fingerprint density at radius 1 is 1.39 bits per heavy atom. The molecule has 0 amide bonds. The zero-order valence-electron chi connectivity index (χ0n) is 9.60. The zero-order chi connectivity index (χ0) is 13.1. The summed E-state index contributed by atoms with van der Waals surface area (Å²) >= 11 is 4.62. The largest absolute Gasteiger partial charge is 0.389 e. The number of benzene rings is 1. The minimum atomic E-state index is -0.667. The molecule has 1 aromatic heterocycles. The molecule has 0 aliphatic heterocycles. The van der Waals surface area contributed by atoms with Crippen LogP contribution >= 0.6 is 27.7 Å². The summed E-state index contributed by atoms with van der Waals surface area (Å²) < 4.78 is 14.7. The van der Waals surface area contributed by atoms with E-state index < -0.39 is 6.10 Å². The second-order valence-corrected chi connectivity index (χ2v) is 5.64. The molecular weight excluding hydrogens is 317 g/mol. The van der Waals surface area contributed by atoms with Crippen molar-refractivity contribution in [1.82, 2.24) is 4.98 Å². The molecule has 1 heterocycles. The molecule has 0 saturated heterocycles. The van der Waals surface area contributed by atoms with Gasteiger partial charge in [-0.2, -0.15) is 0 Å². The van der Waals surface area contributed by atoms with Gasteiger partial charge in [0.15, 0.2) is 0 Å². The van der Waals surface area contributed by atoms with Crippen molar-refractivity contribution in [3.8, 4) is 0 Å². The summed E-state index contributed by atoms with van der Waals surface area (Å²) in [6.45, 7) is 1.61. The number of rotatable bonds is 3. The normalized spacial score (nSPS) is 12.4. The second-order valence-electron chi connectivity index (χ2n) is 3.76. The van der Waals surface area contributed by atoms with Crippen molar-refractivity contribution in [3.63, 3.8) is 0 Å². The lowest BCUT2D eigenvalue weighted by Gasteiger charge is -2.08. The predicted molar refractivity (Wildman–Crippen MR) is 73.1 cm³/mol. The molecule has 0 spiro atoms. The van der Waals surface area contributed by atoms with Gasteiger partial charge in [0.1, 0.15) is 10.8 Å². The van der Waals surface area contributed by atoms with E-state index in [1.807, 2.05) is 6.07 Å². The Hall–Kier alpha value is -0.910. The van der Waals surface area contributed by atoms with Crippen LogP contribution in [0.3, 0.4) is 0 Å². The molecule has 2 rings (SSSR count). The van der Waals surface area contributed by atoms with Crippen molar-refractivity contribution in [1.29, 1.82) is 0 Å². The molecule has 5 heteroatoms. The molecule has 0 fully saturated rings. The first-order valence-corrected chi connectivity index (χ1v) is 6.95. The number of pyridine rings is 1. The van der Waals surface area contributed by atoms with Crippen LogP contribution in [0.5, 0.6) is 0 Å². The lowest BCUT2D eigenvalue weighted by atomic mass is 10.1. The summed E-state index contributed by atoms with van der Waals surface area (Å²) in [6, 6.07) is 8.39. The Balaban J connectivity index is 2.28. The Kier molecular flexibility index (Phi) is 4.37. The minimum Gasteiger partial charge on any atom is -0.389 e. The maximum Gasteiger partial charge on any atom is 0.137 e. The molecule has 1 unspecified atom stereocenters. The highest BCUT2D eigenvalue weighted by Gasteiger charge is 2.10. The van der Waals surface area contributed by atoms with Crippen LogP contribution in [0.4, 0.5) is 4.39 Å². The fraction of sp³-hybridized carbons (Fsp3) is 0.154. The van der Waals surface area contributed by atoms with Gasteiger partial charge in [-0.15, -0.1) is 0 Å². The second kappa shape index (κ2) is 5.82. The summed E-state index contributed by atoms with van der Waals surface area (Å²) in [5.41, 5.74) is 0.567. The molecule has 2 nitrogen and oxygen atoms in total. The van der Waals surface area contributed by atoms with Crippen LogP contribution in [-0.4, -0.2) is 10.1 Å². The van der Waals surface area contributed by atoms with Crippen LogP contribution in [0.25, 0.3) is 0 Å². The van der Waals surface area contributed by atoms with Gasteiger partial charge in [-0.3, -0.25) is 0 Å². The quantitative estimate of drug-likeness (QED) is 0.917. The zero-order valence-corrected chi connectivity index (χ0v) is 12.0. The third-order valence-corrected chi connectivity index (χ3v) is 4.34. The number of hydrogen-bond donors (Lipinski definition) is 1. The van der Waals surface area contributed by atoms with Gasteiger partial charge in [-0.05, 0) is 52.7 Å². The molecule has 1 aromatic carbocycles. The molecule has 0 aliphatic carbocycles. The van der Waals surface area contributed by atoms with Crippen molar-refractivity contribution >= 4 is 27.7 Å². The van der Waals surface area contributed by atoms with Gasteiger partial charge in [0.05, 0.1) is 10.6 Å².